The molecule has 0 saturated heterocycles. The summed E-state index contributed by atoms with van der Waals surface area (Å²) in [5.74, 6) is 5.22. The number of methoxy groups -OCH3 is 1. The molecule has 1 heterocycles. The highest BCUT2D eigenvalue weighted by Gasteiger charge is 1.95. The van der Waals surface area contributed by atoms with Gasteiger partial charge in [0.2, 0.25) is 0 Å². The summed E-state index contributed by atoms with van der Waals surface area (Å²) in [4.78, 5) is 10.7. The van der Waals surface area contributed by atoms with Crippen LogP contribution in [0.15, 0.2) is 12.4 Å². The summed E-state index contributed by atoms with van der Waals surface area (Å²) in [5, 5.41) is 4.05. The Hall–Kier alpha value is -1.76. The molecule has 0 amide bonds. The van der Waals surface area contributed by atoms with E-state index in [4.69, 9.17) is 0 Å². The van der Waals surface area contributed by atoms with Gasteiger partial charge in [-0.25, -0.2) is 0 Å². The Morgan fingerprint density at radius 1 is 1.71 bits per heavy atom. The first-order valence-electron chi connectivity index (χ1n) is 4.34. The Kier molecular flexibility index (Phi) is 3.74. The SMILES string of the molecule is CCn1cc(C#CCC(=O)OC)cn1. The molecular weight excluding hydrogens is 180 g/mol. The Labute approximate surface area is 82.9 Å². The van der Waals surface area contributed by atoms with E-state index in [1.54, 1.807) is 10.9 Å². The van der Waals surface area contributed by atoms with Crippen LogP contribution in [0.2, 0.25) is 0 Å². The van der Waals surface area contributed by atoms with Crippen LogP contribution in [-0.2, 0) is 16.1 Å². The van der Waals surface area contributed by atoms with Gasteiger partial charge in [0.25, 0.3) is 0 Å². The van der Waals surface area contributed by atoms with Gasteiger partial charge in [-0.2, -0.15) is 5.10 Å². The molecular formula is C10H12N2O2. The summed E-state index contributed by atoms with van der Waals surface area (Å²) < 4.78 is 6.23. The van der Waals surface area contributed by atoms with Crippen LogP contribution >= 0.6 is 0 Å². The van der Waals surface area contributed by atoms with Gasteiger partial charge in [-0.1, -0.05) is 11.8 Å². The summed E-state index contributed by atoms with van der Waals surface area (Å²) in [5.41, 5.74) is 0.816. The van der Waals surface area contributed by atoms with Crippen LogP contribution in [-0.4, -0.2) is 22.9 Å². The fraction of sp³-hybridized carbons (Fsp3) is 0.400. The third kappa shape index (κ3) is 2.94. The van der Waals surface area contributed by atoms with E-state index in [0.717, 1.165) is 12.1 Å². The summed E-state index contributed by atoms with van der Waals surface area (Å²) in [6, 6.07) is 0. The number of nitrogens with zero attached hydrogens (tertiary/aromatic N) is 2. The number of hydrogen-bond donors (Lipinski definition) is 0. The van der Waals surface area contributed by atoms with E-state index < -0.39 is 0 Å². The van der Waals surface area contributed by atoms with E-state index in [1.807, 2.05) is 13.1 Å². The number of aromatic nitrogens is 2. The predicted molar refractivity (Wildman–Crippen MR) is 51.4 cm³/mol. The monoisotopic (exact) mass is 192 g/mol. The predicted octanol–water partition coefficient (Wildman–Crippen LogP) is 0.818. The van der Waals surface area contributed by atoms with Crippen molar-refractivity contribution in [3.8, 4) is 11.8 Å². The van der Waals surface area contributed by atoms with Crippen molar-refractivity contribution in [2.75, 3.05) is 7.11 Å². The van der Waals surface area contributed by atoms with Gasteiger partial charge in [-0.05, 0) is 6.92 Å². The molecule has 14 heavy (non-hydrogen) atoms. The molecule has 74 valence electrons. The third-order valence-corrected chi connectivity index (χ3v) is 1.65. The molecule has 0 saturated carbocycles. The molecule has 1 aromatic heterocycles. The van der Waals surface area contributed by atoms with E-state index in [2.05, 4.69) is 21.7 Å². The number of hydrogen-bond acceptors (Lipinski definition) is 3. The van der Waals surface area contributed by atoms with Crippen molar-refractivity contribution in [2.24, 2.45) is 0 Å². The zero-order valence-electron chi connectivity index (χ0n) is 8.28. The van der Waals surface area contributed by atoms with Gasteiger partial charge < -0.3 is 4.74 Å². The highest BCUT2D eigenvalue weighted by atomic mass is 16.5. The Morgan fingerprint density at radius 3 is 3.07 bits per heavy atom. The van der Waals surface area contributed by atoms with Crippen LogP contribution < -0.4 is 0 Å². The second-order valence-corrected chi connectivity index (χ2v) is 2.64. The second kappa shape index (κ2) is 5.07. The third-order valence-electron chi connectivity index (χ3n) is 1.65. The van der Waals surface area contributed by atoms with E-state index in [9.17, 15) is 4.79 Å². The minimum Gasteiger partial charge on any atom is -0.468 e. The lowest BCUT2D eigenvalue weighted by molar-refractivity contribution is -0.139. The molecule has 0 radical (unpaired) electrons. The van der Waals surface area contributed by atoms with Crippen molar-refractivity contribution in [3.63, 3.8) is 0 Å². The van der Waals surface area contributed by atoms with Gasteiger partial charge in [-0.15, -0.1) is 0 Å². The zero-order valence-corrected chi connectivity index (χ0v) is 8.28. The normalized spacial score (nSPS) is 9.00. The molecule has 0 atom stereocenters. The number of esters is 1. The number of aryl methyl sites for hydroxylation is 1. The molecule has 4 nitrogen and oxygen atoms in total. The molecule has 0 unspecified atom stereocenters. The average Bonchev–Trinajstić information content (AvgIpc) is 2.65. The van der Waals surface area contributed by atoms with Gasteiger partial charge >= 0.3 is 5.97 Å². The van der Waals surface area contributed by atoms with Crippen molar-refractivity contribution in [2.45, 2.75) is 19.9 Å². The van der Waals surface area contributed by atoms with Crippen molar-refractivity contribution < 1.29 is 9.53 Å². The quantitative estimate of drug-likeness (QED) is 0.514. The molecule has 1 aromatic rings. The first-order valence-corrected chi connectivity index (χ1v) is 4.34. The maximum atomic E-state index is 10.7. The number of carbonyl (C=O) groups excluding carboxylic acids is 1. The molecule has 0 spiro atoms. The van der Waals surface area contributed by atoms with Crippen LogP contribution in [0.3, 0.4) is 0 Å². The molecule has 0 aromatic carbocycles. The number of rotatable bonds is 2. The summed E-state index contributed by atoms with van der Waals surface area (Å²) in [6.07, 6.45) is 3.63. The molecule has 0 aliphatic rings. The lowest BCUT2D eigenvalue weighted by Gasteiger charge is -1.89. The minimum absolute atomic E-state index is 0.119. The molecule has 0 aliphatic carbocycles. The first-order chi connectivity index (χ1) is 6.76. The topological polar surface area (TPSA) is 44.1 Å². The van der Waals surface area contributed by atoms with Crippen LogP contribution in [0.1, 0.15) is 18.9 Å². The lowest BCUT2D eigenvalue weighted by atomic mass is 10.3. The van der Waals surface area contributed by atoms with Crippen molar-refractivity contribution >= 4 is 5.97 Å². The second-order valence-electron chi connectivity index (χ2n) is 2.64. The highest BCUT2D eigenvalue weighted by molar-refractivity contribution is 5.72. The standard InChI is InChI=1S/C10H12N2O2/c1-3-12-8-9(7-11-12)5-4-6-10(13)14-2/h7-8H,3,6H2,1-2H3. The Bertz CT molecular complexity index is 371. The largest absolute Gasteiger partial charge is 0.468 e. The van der Waals surface area contributed by atoms with E-state index in [1.165, 1.54) is 7.11 Å². The van der Waals surface area contributed by atoms with Crippen LogP contribution in [0.25, 0.3) is 0 Å². The van der Waals surface area contributed by atoms with Crippen molar-refractivity contribution in [1.29, 1.82) is 0 Å². The zero-order chi connectivity index (χ0) is 10.4. The summed E-state index contributed by atoms with van der Waals surface area (Å²) in [7, 11) is 1.35. The van der Waals surface area contributed by atoms with Gasteiger partial charge in [0.1, 0.15) is 6.42 Å². The van der Waals surface area contributed by atoms with Gasteiger partial charge in [0.05, 0.1) is 18.9 Å². The molecule has 1 rings (SSSR count). The van der Waals surface area contributed by atoms with E-state index in [-0.39, 0.29) is 12.4 Å². The van der Waals surface area contributed by atoms with E-state index in [0.29, 0.717) is 0 Å². The molecule has 4 heteroatoms. The lowest BCUT2D eigenvalue weighted by Crippen LogP contribution is -1.96. The summed E-state index contributed by atoms with van der Waals surface area (Å²) in [6.45, 7) is 2.82. The molecule has 0 aliphatic heterocycles. The Morgan fingerprint density at radius 2 is 2.50 bits per heavy atom. The fourth-order valence-electron chi connectivity index (χ4n) is 0.892. The number of ether oxygens (including phenoxy) is 1. The highest BCUT2D eigenvalue weighted by Crippen LogP contribution is 1.94. The van der Waals surface area contributed by atoms with Gasteiger partial charge in [0, 0.05) is 12.7 Å². The van der Waals surface area contributed by atoms with Gasteiger partial charge in [-0.3, -0.25) is 9.48 Å². The van der Waals surface area contributed by atoms with E-state index >= 15 is 0 Å². The molecule has 0 bridgehead atoms. The fourth-order valence-corrected chi connectivity index (χ4v) is 0.892. The van der Waals surface area contributed by atoms with Crippen molar-refractivity contribution in [3.05, 3.63) is 18.0 Å². The van der Waals surface area contributed by atoms with Crippen LogP contribution in [0.5, 0.6) is 0 Å². The van der Waals surface area contributed by atoms with Crippen LogP contribution in [0.4, 0.5) is 0 Å². The first kappa shape index (κ1) is 10.3. The maximum absolute atomic E-state index is 10.7. The maximum Gasteiger partial charge on any atom is 0.317 e. The van der Waals surface area contributed by atoms with Gasteiger partial charge in [0.15, 0.2) is 0 Å². The Balaban J connectivity index is 2.54. The molecule has 0 N–H and O–H groups in total. The smallest absolute Gasteiger partial charge is 0.317 e. The number of carbonyl (C=O) groups is 1. The average molecular weight is 192 g/mol. The summed E-state index contributed by atoms with van der Waals surface area (Å²) >= 11 is 0. The van der Waals surface area contributed by atoms with Crippen LogP contribution in [0, 0.1) is 11.8 Å². The minimum atomic E-state index is -0.319. The molecule has 0 fully saturated rings. The van der Waals surface area contributed by atoms with Crippen molar-refractivity contribution in [1.82, 2.24) is 9.78 Å².